The molecule has 1 aromatic heterocycles. The Hall–Kier alpha value is -2.40. The first-order valence-corrected chi connectivity index (χ1v) is 9.46. The molecule has 1 saturated carbocycles. The summed E-state index contributed by atoms with van der Waals surface area (Å²) in [4.78, 5) is 15.2. The summed E-state index contributed by atoms with van der Waals surface area (Å²) in [6.45, 7) is 1.15. The highest BCUT2D eigenvalue weighted by Crippen LogP contribution is 2.29. The molecule has 0 radical (unpaired) electrons. The number of pyridine rings is 1. The number of fused-ring (bicyclic) bond motifs is 1. The zero-order valence-corrected chi connectivity index (χ0v) is 14.9. The second-order valence-electron chi connectivity index (χ2n) is 7.45. The van der Waals surface area contributed by atoms with Crippen molar-refractivity contribution in [1.29, 1.82) is 0 Å². The van der Waals surface area contributed by atoms with Crippen LogP contribution in [0.25, 0.3) is 0 Å². The van der Waals surface area contributed by atoms with Gasteiger partial charge >= 0.3 is 0 Å². The first-order chi connectivity index (χ1) is 12.7. The van der Waals surface area contributed by atoms with E-state index in [9.17, 15) is 4.79 Å². The van der Waals surface area contributed by atoms with E-state index in [-0.39, 0.29) is 0 Å². The predicted octanol–water partition coefficient (Wildman–Crippen LogP) is 3.22. The van der Waals surface area contributed by atoms with Gasteiger partial charge in [0.1, 0.15) is 5.75 Å². The number of benzene rings is 1. The topological polar surface area (TPSA) is 77.2 Å². The summed E-state index contributed by atoms with van der Waals surface area (Å²) in [7, 11) is 0. The van der Waals surface area contributed by atoms with Gasteiger partial charge in [-0.2, -0.15) is 0 Å². The van der Waals surface area contributed by atoms with Crippen LogP contribution in [0.3, 0.4) is 0 Å². The molecule has 1 atom stereocenters. The lowest BCUT2D eigenvalue weighted by atomic mass is 10.1. The van der Waals surface area contributed by atoms with E-state index >= 15 is 0 Å². The zero-order chi connectivity index (χ0) is 17.9. The van der Waals surface area contributed by atoms with E-state index in [1.807, 2.05) is 6.07 Å². The van der Waals surface area contributed by atoms with E-state index in [2.05, 4.69) is 22.4 Å². The molecule has 1 heterocycles. The van der Waals surface area contributed by atoms with Gasteiger partial charge in [-0.3, -0.25) is 4.79 Å². The van der Waals surface area contributed by atoms with Gasteiger partial charge in [-0.05, 0) is 67.5 Å². The fourth-order valence-corrected chi connectivity index (χ4v) is 4.06. The summed E-state index contributed by atoms with van der Waals surface area (Å²) < 4.78 is 5.83. The maximum absolute atomic E-state index is 11.1. The summed E-state index contributed by atoms with van der Waals surface area (Å²) in [5, 5.41) is 3.76. The summed E-state index contributed by atoms with van der Waals surface area (Å²) in [6.07, 6.45) is 9.13. The lowest BCUT2D eigenvalue weighted by Crippen LogP contribution is -2.33. The molecule has 2 aromatic rings. The molecule has 0 spiro atoms. The quantitative estimate of drug-likeness (QED) is 0.838. The SMILES string of the molecule is NC(=O)c1ccc(Oc2ccc3c(c2)CC(NCC2CCCC2)C3)nc1. The number of hydrogen-bond acceptors (Lipinski definition) is 4. The second kappa shape index (κ2) is 7.46. The van der Waals surface area contributed by atoms with Crippen molar-refractivity contribution < 1.29 is 9.53 Å². The smallest absolute Gasteiger partial charge is 0.250 e. The van der Waals surface area contributed by atoms with Crippen molar-refractivity contribution in [3.63, 3.8) is 0 Å². The van der Waals surface area contributed by atoms with Crippen LogP contribution >= 0.6 is 0 Å². The molecule has 3 N–H and O–H groups in total. The molecular formula is C21H25N3O2. The highest BCUT2D eigenvalue weighted by atomic mass is 16.5. The van der Waals surface area contributed by atoms with Crippen molar-refractivity contribution in [1.82, 2.24) is 10.3 Å². The van der Waals surface area contributed by atoms with Crippen molar-refractivity contribution in [3.05, 3.63) is 53.2 Å². The number of amides is 1. The third-order valence-corrected chi connectivity index (χ3v) is 5.52. The number of primary amides is 1. The fourth-order valence-electron chi connectivity index (χ4n) is 4.06. The Bertz CT molecular complexity index is 782. The Balaban J connectivity index is 1.36. The molecule has 136 valence electrons. The molecule has 1 aromatic carbocycles. The van der Waals surface area contributed by atoms with Crippen LogP contribution in [0.5, 0.6) is 11.6 Å². The first kappa shape index (κ1) is 17.0. The maximum Gasteiger partial charge on any atom is 0.250 e. The molecule has 1 amide bonds. The first-order valence-electron chi connectivity index (χ1n) is 9.46. The number of hydrogen-bond donors (Lipinski definition) is 2. The average Bonchev–Trinajstić information content (AvgIpc) is 3.29. The molecule has 1 unspecified atom stereocenters. The lowest BCUT2D eigenvalue weighted by Gasteiger charge is -2.15. The number of nitrogens with two attached hydrogens (primary N) is 1. The second-order valence-corrected chi connectivity index (χ2v) is 7.45. The lowest BCUT2D eigenvalue weighted by molar-refractivity contribution is 0.1000. The molecule has 0 saturated heterocycles. The molecule has 4 rings (SSSR count). The number of carbonyl (C=O) groups is 1. The molecule has 5 nitrogen and oxygen atoms in total. The highest BCUT2D eigenvalue weighted by Gasteiger charge is 2.23. The molecular weight excluding hydrogens is 326 g/mol. The van der Waals surface area contributed by atoms with Gasteiger partial charge in [-0.15, -0.1) is 0 Å². The Labute approximate surface area is 154 Å². The summed E-state index contributed by atoms with van der Waals surface area (Å²) in [5.41, 5.74) is 8.36. The van der Waals surface area contributed by atoms with E-state index in [0.29, 0.717) is 17.5 Å². The van der Waals surface area contributed by atoms with Gasteiger partial charge in [-0.1, -0.05) is 18.9 Å². The van der Waals surface area contributed by atoms with Crippen LogP contribution < -0.4 is 15.8 Å². The van der Waals surface area contributed by atoms with E-state index in [0.717, 1.165) is 31.1 Å². The van der Waals surface area contributed by atoms with Crippen LogP contribution in [-0.2, 0) is 12.8 Å². The summed E-state index contributed by atoms with van der Waals surface area (Å²) >= 11 is 0. The van der Waals surface area contributed by atoms with Gasteiger partial charge in [-0.25, -0.2) is 4.98 Å². The van der Waals surface area contributed by atoms with E-state index in [1.54, 1.807) is 12.1 Å². The van der Waals surface area contributed by atoms with Gasteiger partial charge < -0.3 is 15.8 Å². The van der Waals surface area contributed by atoms with Gasteiger partial charge in [0.15, 0.2) is 0 Å². The van der Waals surface area contributed by atoms with Gasteiger partial charge in [0.25, 0.3) is 0 Å². The van der Waals surface area contributed by atoms with Crippen molar-refractivity contribution in [2.45, 2.75) is 44.6 Å². The predicted molar refractivity (Wildman–Crippen MR) is 100 cm³/mol. The molecule has 2 aliphatic carbocycles. The van der Waals surface area contributed by atoms with Gasteiger partial charge in [0.2, 0.25) is 11.8 Å². The Kier molecular flexibility index (Phi) is 4.89. The Morgan fingerprint density at radius 2 is 1.96 bits per heavy atom. The van der Waals surface area contributed by atoms with Crippen LogP contribution in [0.1, 0.15) is 47.2 Å². The number of aromatic nitrogens is 1. The molecule has 26 heavy (non-hydrogen) atoms. The monoisotopic (exact) mass is 351 g/mol. The zero-order valence-electron chi connectivity index (χ0n) is 14.9. The molecule has 0 bridgehead atoms. The Morgan fingerprint density at radius 3 is 2.69 bits per heavy atom. The van der Waals surface area contributed by atoms with Crippen molar-refractivity contribution in [2.24, 2.45) is 11.7 Å². The summed E-state index contributed by atoms with van der Waals surface area (Å²) in [6, 6.07) is 10.1. The Morgan fingerprint density at radius 1 is 1.15 bits per heavy atom. The summed E-state index contributed by atoms with van der Waals surface area (Å²) in [5.74, 6) is 1.62. The fraction of sp³-hybridized carbons (Fsp3) is 0.429. The molecule has 1 fully saturated rings. The van der Waals surface area contributed by atoms with E-state index in [4.69, 9.17) is 10.5 Å². The number of nitrogens with zero attached hydrogens (tertiary/aromatic N) is 1. The minimum atomic E-state index is -0.488. The van der Waals surface area contributed by atoms with Crippen molar-refractivity contribution in [3.8, 4) is 11.6 Å². The largest absolute Gasteiger partial charge is 0.439 e. The highest BCUT2D eigenvalue weighted by molar-refractivity contribution is 5.92. The van der Waals surface area contributed by atoms with Gasteiger partial charge in [0, 0.05) is 18.3 Å². The molecule has 0 aliphatic heterocycles. The molecule has 5 heteroatoms. The third-order valence-electron chi connectivity index (χ3n) is 5.52. The van der Waals surface area contributed by atoms with Crippen molar-refractivity contribution in [2.75, 3.05) is 6.54 Å². The molecule has 2 aliphatic rings. The van der Waals surface area contributed by atoms with Crippen LogP contribution in [-0.4, -0.2) is 23.5 Å². The number of rotatable bonds is 6. The van der Waals surface area contributed by atoms with Crippen LogP contribution in [0.2, 0.25) is 0 Å². The average molecular weight is 351 g/mol. The number of ether oxygens (including phenoxy) is 1. The van der Waals surface area contributed by atoms with Crippen LogP contribution in [0.15, 0.2) is 36.5 Å². The maximum atomic E-state index is 11.1. The standard InChI is InChI=1S/C21H25N3O2/c22-21(25)16-6-8-20(24-13-16)26-19-7-5-15-9-18(10-17(15)11-19)23-12-14-3-1-2-4-14/h5-8,11,13-14,18,23H,1-4,9-10,12H2,(H2,22,25). The third kappa shape index (κ3) is 3.88. The normalized spacial score (nSPS) is 19.5. The van der Waals surface area contributed by atoms with E-state index < -0.39 is 5.91 Å². The van der Waals surface area contributed by atoms with Crippen LogP contribution in [0, 0.1) is 5.92 Å². The number of nitrogens with one attached hydrogen (secondary N) is 1. The van der Waals surface area contributed by atoms with Crippen molar-refractivity contribution >= 4 is 5.91 Å². The minimum absolute atomic E-state index is 0.377. The van der Waals surface area contributed by atoms with Crippen LogP contribution in [0.4, 0.5) is 0 Å². The van der Waals surface area contributed by atoms with Gasteiger partial charge in [0.05, 0.1) is 5.56 Å². The minimum Gasteiger partial charge on any atom is -0.439 e. The van der Waals surface area contributed by atoms with E-state index in [1.165, 1.54) is 43.0 Å². The number of carbonyl (C=O) groups excluding carboxylic acids is 1.